The van der Waals surface area contributed by atoms with Crippen LogP contribution < -0.4 is 10.1 Å². The van der Waals surface area contributed by atoms with Crippen molar-refractivity contribution in [3.05, 3.63) is 11.8 Å². The fourth-order valence-electron chi connectivity index (χ4n) is 1.13. The minimum absolute atomic E-state index is 0.109. The maximum absolute atomic E-state index is 5.51. The van der Waals surface area contributed by atoms with Crippen LogP contribution in [0.3, 0.4) is 0 Å². The van der Waals surface area contributed by atoms with Crippen molar-refractivity contribution in [2.24, 2.45) is 0 Å². The molecule has 0 aliphatic carbocycles. The Bertz CT molecular complexity index is 404. The molecule has 0 aliphatic rings. The van der Waals surface area contributed by atoms with Gasteiger partial charge in [0.25, 0.3) is 0 Å². The van der Waals surface area contributed by atoms with E-state index in [1.54, 1.807) is 6.92 Å². The molecule has 0 amide bonds. The average Bonchev–Trinajstić information content (AvgIpc) is 2.16. The van der Waals surface area contributed by atoms with Crippen molar-refractivity contribution in [1.29, 1.82) is 0 Å². The van der Waals surface area contributed by atoms with Gasteiger partial charge in [-0.05, 0) is 27.7 Å². The number of hydrogen-bond donors (Lipinski definition) is 1. The zero-order chi connectivity index (χ0) is 12.0. The number of hydrogen-bond acceptors (Lipinski definition) is 4. The van der Waals surface area contributed by atoms with E-state index in [1.807, 2.05) is 26.8 Å². The van der Waals surface area contributed by atoms with Crippen LogP contribution in [0.5, 0.6) is 5.88 Å². The fraction of sp³-hybridized carbons (Fsp3) is 0.500. The molecule has 1 aromatic heterocycles. The van der Waals surface area contributed by atoms with E-state index in [4.69, 9.17) is 4.74 Å². The van der Waals surface area contributed by atoms with Gasteiger partial charge in [0.15, 0.2) is 0 Å². The normalized spacial score (nSPS) is 9.56. The second-order valence-corrected chi connectivity index (χ2v) is 3.62. The van der Waals surface area contributed by atoms with E-state index >= 15 is 0 Å². The molecule has 1 N–H and O–H groups in total. The smallest absolute Gasteiger partial charge is 0.226 e. The van der Waals surface area contributed by atoms with E-state index in [0.717, 1.165) is 5.69 Å². The number of aryl methyl sites for hydroxylation is 1. The van der Waals surface area contributed by atoms with Crippen LogP contribution >= 0.6 is 0 Å². The molecule has 0 aliphatic heterocycles. The van der Waals surface area contributed by atoms with E-state index < -0.39 is 0 Å². The monoisotopic (exact) mass is 219 g/mol. The molecule has 1 rings (SSSR count). The SMILES string of the molecule is CC#CCNc1nc(C)cc(OC(C)C)n1. The van der Waals surface area contributed by atoms with Crippen LogP contribution in [-0.4, -0.2) is 22.6 Å². The first-order valence-electron chi connectivity index (χ1n) is 5.27. The second kappa shape index (κ2) is 5.96. The average molecular weight is 219 g/mol. The lowest BCUT2D eigenvalue weighted by Gasteiger charge is -2.10. The van der Waals surface area contributed by atoms with E-state index in [0.29, 0.717) is 18.4 Å². The maximum Gasteiger partial charge on any atom is 0.226 e. The van der Waals surface area contributed by atoms with Crippen molar-refractivity contribution in [2.75, 3.05) is 11.9 Å². The molecular formula is C12H17N3O. The third kappa shape index (κ3) is 4.18. The van der Waals surface area contributed by atoms with Crippen molar-refractivity contribution in [2.45, 2.75) is 33.8 Å². The fourth-order valence-corrected chi connectivity index (χ4v) is 1.13. The molecule has 86 valence electrons. The Hall–Kier alpha value is -1.76. The first-order valence-corrected chi connectivity index (χ1v) is 5.27. The standard InChI is InChI=1S/C12H17N3O/c1-5-6-7-13-12-14-10(4)8-11(15-12)16-9(2)3/h8-9H,7H2,1-4H3,(H,13,14,15). The van der Waals surface area contributed by atoms with E-state index in [1.165, 1.54) is 0 Å². The highest BCUT2D eigenvalue weighted by molar-refractivity contribution is 5.32. The van der Waals surface area contributed by atoms with Crippen molar-refractivity contribution in [3.8, 4) is 17.7 Å². The predicted molar refractivity (Wildman–Crippen MR) is 64.5 cm³/mol. The molecular weight excluding hydrogens is 202 g/mol. The van der Waals surface area contributed by atoms with Gasteiger partial charge in [-0.2, -0.15) is 4.98 Å². The molecule has 4 nitrogen and oxygen atoms in total. The minimum Gasteiger partial charge on any atom is -0.475 e. The van der Waals surface area contributed by atoms with Crippen LogP contribution in [-0.2, 0) is 0 Å². The molecule has 16 heavy (non-hydrogen) atoms. The number of nitrogens with one attached hydrogen (secondary N) is 1. The summed E-state index contributed by atoms with van der Waals surface area (Å²) < 4.78 is 5.51. The van der Waals surface area contributed by atoms with Gasteiger partial charge in [-0.1, -0.05) is 5.92 Å². The molecule has 0 radical (unpaired) electrons. The summed E-state index contributed by atoms with van der Waals surface area (Å²) in [4.78, 5) is 8.48. The predicted octanol–water partition coefficient (Wildman–Crippen LogP) is 2.01. The summed E-state index contributed by atoms with van der Waals surface area (Å²) in [5.41, 5.74) is 0.873. The van der Waals surface area contributed by atoms with Crippen LogP contribution in [0.15, 0.2) is 6.07 Å². The zero-order valence-corrected chi connectivity index (χ0v) is 10.2. The quantitative estimate of drug-likeness (QED) is 0.787. The number of ether oxygens (including phenoxy) is 1. The van der Waals surface area contributed by atoms with E-state index in [2.05, 4.69) is 27.1 Å². The first-order chi connectivity index (χ1) is 7.61. The first kappa shape index (κ1) is 12.3. The van der Waals surface area contributed by atoms with Gasteiger partial charge in [0.2, 0.25) is 11.8 Å². The molecule has 4 heteroatoms. The molecule has 1 aromatic rings. The van der Waals surface area contributed by atoms with E-state index in [9.17, 15) is 0 Å². The summed E-state index contributed by atoms with van der Waals surface area (Å²) >= 11 is 0. The molecule has 0 fully saturated rings. The Morgan fingerprint density at radius 2 is 2.19 bits per heavy atom. The van der Waals surface area contributed by atoms with Gasteiger partial charge in [-0.3, -0.25) is 0 Å². The molecule has 0 saturated carbocycles. The van der Waals surface area contributed by atoms with Gasteiger partial charge in [-0.15, -0.1) is 5.92 Å². The maximum atomic E-state index is 5.51. The van der Waals surface area contributed by atoms with Crippen LogP contribution in [0.4, 0.5) is 5.95 Å². The number of anilines is 1. The minimum atomic E-state index is 0.109. The van der Waals surface area contributed by atoms with Gasteiger partial charge < -0.3 is 10.1 Å². The van der Waals surface area contributed by atoms with Gasteiger partial charge in [0, 0.05) is 11.8 Å². The van der Waals surface area contributed by atoms with Crippen LogP contribution in [0.1, 0.15) is 26.5 Å². The highest BCUT2D eigenvalue weighted by atomic mass is 16.5. The lowest BCUT2D eigenvalue weighted by Crippen LogP contribution is -2.10. The molecule has 0 spiro atoms. The van der Waals surface area contributed by atoms with Crippen molar-refractivity contribution in [1.82, 2.24) is 9.97 Å². The van der Waals surface area contributed by atoms with Crippen LogP contribution in [0.2, 0.25) is 0 Å². The molecule has 0 saturated heterocycles. The second-order valence-electron chi connectivity index (χ2n) is 3.62. The topological polar surface area (TPSA) is 47.0 Å². The zero-order valence-electron chi connectivity index (χ0n) is 10.2. The van der Waals surface area contributed by atoms with E-state index in [-0.39, 0.29) is 6.10 Å². The summed E-state index contributed by atoms with van der Waals surface area (Å²) in [6.07, 6.45) is 0.109. The Balaban J connectivity index is 2.75. The molecule has 1 heterocycles. The largest absolute Gasteiger partial charge is 0.475 e. The summed E-state index contributed by atoms with van der Waals surface area (Å²) in [5.74, 6) is 6.84. The van der Waals surface area contributed by atoms with Crippen LogP contribution in [0.25, 0.3) is 0 Å². The number of rotatable bonds is 4. The molecule has 0 bridgehead atoms. The third-order valence-electron chi connectivity index (χ3n) is 1.70. The summed E-state index contributed by atoms with van der Waals surface area (Å²) in [6, 6.07) is 1.82. The summed E-state index contributed by atoms with van der Waals surface area (Å²) in [6.45, 7) is 8.18. The van der Waals surface area contributed by atoms with Crippen molar-refractivity contribution < 1.29 is 4.74 Å². The van der Waals surface area contributed by atoms with Crippen molar-refractivity contribution >= 4 is 5.95 Å². The third-order valence-corrected chi connectivity index (χ3v) is 1.70. The van der Waals surface area contributed by atoms with Gasteiger partial charge in [0.1, 0.15) is 0 Å². The Kier molecular flexibility index (Phi) is 4.59. The Morgan fingerprint density at radius 3 is 2.81 bits per heavy atom. The van der Waals surface area contributed by atoms with Crippen LogP contribution in [0, 0.1) is 18.8 Å². The number of nitrogens with zero attached hydrogens (tertiary/aromatic N) is 2. The lowest BCUT2D eigenvalue weighted by atomic mass is 10.4. The Labute approximate surface area is 96.5 Å². The van der Waals surface area contributed by atoms with Gasteiger partial charge >= 0.3 is 0 Å². The highest BCUT2D eigenvalue weighted by Crippen LogP contribution is 2.13. The Morgan fingerprint density at radius 1 is 1.44 bits per heavy atom. The van der Waals surface area contributed by atoms with Gasteiger partial charge in [-0.25, -0.2) is 4.98 Å². The summed E-state index contributed by atoms with van der Waals surface area (Å²) in [5, 5.41) is 3.02. The van der Waals surface area contributed by atoms with Crippen molar-refractivity contribution in [3.63, 3.8) is 0 Å². The highest BCUT2D eigenvalue weighted by Gasteiger charge is 2.03. The molecule has 0 atom stereocenters. The number of aromatic nitrogens is 2. The molecule has 0 aromatic carbocycles. The summed E-state index contributed by atoms with van der Waals surface area (Å²) in [7, 11) is 0. The van der Waals surface area contributed by atoms with Gasteiger partial charge in [0.05, 0.1) is 12.6 Å². The molecule has 0 unspecified atom stereocenters. The lowest BCUT2D eigenvalue weighted by molar-refractivity contribution is 0.232.